The van der Waals surface area contributed by atoms with Gasteiger partial charge >= 0.3 is 5.97 Å². The van der Waals surface area contributed by atoms with Gasteiger partial charge in [-0.3, -0.25) is 10.1 Å². The van der Waals surface area contributed by atoms with Crippen LogP contribution in [0.25, 0.3) is 0 Å². The Labute approximate surface area is 83.1 Å². The predicted octanol–water partition coefficient (Wildman–Crippen LogP) is 1.30. The van der Waals surface area contributed by atoms with E-state index >= 15 is 0 Å². The molecule has 0 heterocycles. The van der Waals surface area contributed by atoms with E-state index in [0.717, 1.165) is 18.2 Å². The fourth-order valence-electron chi connectivity index (χ4n) is 0.909. The second-order valence-electron chi connectivity index (χ2n) is 2.34. The summed E-state index contributed by atoms with van der Waals surface area (Å²) in [6.45, 7) is 0. The zero-order valence-corrected chi connectivity index (χ0v) is 6.76. The number of carbonyl (C=O) groups is 1. The lowest BCUT2D eigenvalue weighted by Gasteiger charge is -2.01. The molecule has 0 aromatic heterocycles. The van der Waals surface area contributed by atoms with Gasteiger partial charge in [0.25, 0.3) is 5.69 Å². The van der Waals surface area contributed by atoms with Crippen molar-refractivity contribution in [1.82, 2.24) is 0 Å². The van der Waals surface area contributed by atoms with Crippen LogP contribution in [0.2, 0.25) is 0 Å². The van der Waals surface area contributed by atoms with Gasteiger partial charge in [0, 0.05) is 12.1 Å². The Morgan fingerprint density at radius 1 is 1.71 bits per heavy atom. The lowest BCUT2D eigenvalue weighted by atomic mass is 10.2. The summed E-state index contributed by atoms with van der Waals surface area (Å²) in [6, 6.07) is 2.70. The second kappa shape index (κ2) is 3.73. The topological polar surface area (TPSA) is 89.7 Å². The van der Waals surface area contributed by atoms with E-state index < -0.39 is 29.2 Å². The average Bonchev–Trinajstić information content (AvgIpc) is 2.14. The predicted molar refractivity (Wildman–Crippen MR) is 46.6 cm³/mol. The van der Waals surface area contributed by atoms with Gasteiger partial charge < -0.3 is 9.84 Å². The second-order valence-corrected chi connectivity index (χ2v) is 2.34. The van der Waals surface area contributed by atoms with E-state index in [4.69, 9.17) is 9.22 Å². The molecule has 1 rings (SSSR count). The minimum Gasteiger partial charge on any atom is -0.497 e. The van der Waals surface area contributed by atoms with Crippen molar-refractivity contribution >= 4 is 11.7 Å². The molecule has 0 spiro atoms. The molecular weight excluding hydrogens is 190 g/mol. The first-order valence-corrected chi connectivity index (χ1v) is 3.41. The Balaban J connectivity index is 3.19. The van der Waals surface area contributed by atoms with E-state index in [9.17, 15) is 14.9 Å². The van der Waals surface area contributed by atoms with Gasteiger partial charge in [0.1, 0.15) is 11.3 Å². The number of ether oxygens (including phenoxy) is 1. The highest BCUT2D eigenvalue weighted by molar-refractivity contribution is 5.92. The molecule has 6 heteroatoms. The van der Waals surface area contributed by atoms with E-state index in [0.29, 0.717) is 0 Å². The number of hydrogen-bond donors (Lipinski definition) is 1. The normalized spacial score (nSPS) is 13.6. The molecule has 0 bridgehead atoms. The summed E-state index contributed by atoms with van der Waals surface area (Å²) in [4.78, 5) is 20.4. The summed E-state index contributed by atoms with van der Waals surface area (Å²) >= 11 is 0. The van der Waals surface area contributed by atoms with Crippen LogP contribution in [0.1, 0.15) is 14.5 Å². The van der Waals surface area contributed by atoms with Crippen molar-refractivity contribution < 1.29 is 23.7 Å². The highest BCUT2D eigenvalue weighted by Crippen LogP contribution is 2.23. The number of methoxy groups -OCH3 is 1. The van der Waals surface area contributed by atoms with Gasteiger partial charge in [0.05, 0.1) is 16.1 Å². The molecule has 0 fully saturated rings. The zero-order chi connectivity index (χ0) is 13.2. The van der Waals surface area contributed by atoms with Gasteiger partial charge in [0.2, 0.25) is 0 Å². The maximum Gasteiger partial charge on any atom is 0.342 e. The molecule has 0 saturated heterocycles. The zero-order valence-electron chi connectivity index (χ0n) is 9.76. The number of aromatic carboxylic acids is 1. The summed E-state index contributed by atoms with van der Waals surface area (Å²) in [5.41, 5.74) is -1.26. The number of benzene rings is 1. The summed E-state index contributed by atoms with van der Waals surface area (Å²) in [6.07, 6.45) is 0. The molecule has 1 N–H and O–H groups in total. The summed E-state index contributed by atoms with van der Waals surface area (Å²) in [5.74, 6) is -1.80. The Bertz CT molecular complexity index is 471. The minimum absolute atomic E-state index is 0.270. The monoisotopic (exact) mass is 200 g/mol. The van der Waals surface area contributed by atoms with E-state index in [-0.39, 0.29) is 5.75 Å². The van der Waals surface area contributed by atoms with Crippen LogP contribution in [0.5, 0.6) is 5.75 Å². The van der Waals surface area contributed by atoms with Crippen molar-refractivity contribution in [3.63, 3.8) is 0 Å². The lowest BCUT2D eigenvalue weighted by molar-refractivity contribution is -0.385. The smallest absolute Gasteiger partial charge is 0.342 e. The Morgan fingerprint density at radius 3 is 2.93 bits per heavy atom. The Morgan fingerprint density at radius 2 is 2.43 bits per heavy atom. The quantitative estimate of drug-likeness (QED) is 0.586. The van der Waals surface area contributed by atoms with Crippen LogP contribution in [-0.4, -0.2) is 23.0 Å². The first-order valence-electron chi connectivity index (χ1n) is 4.91. The summed E-state index contributed by atoms with van der Waals surface area (Å²) < 4.78 is 24.9. The largest absolute Gasteiger partial charge is 0.497 e. The third kappa shape index (κ3) is 1.79. The number of nitro benzene ring substituents is 1. The molecular formula is C8H7NO5. The number of rotatable bonds is 3. The van der Waals surface area contributed by atoms with Crippen LogP contribution >= 0.6 is 0 Å². The van der Waals surface area contributed by atoms with Crippen LogP contribution in [-0.2, 0) is 0 Å². The average molecular weight is 200 g/mol. The van der Waals surface area contributed by atoms with E-state index in [1.165, 1.54) is 0 Å². The third-order valence-electron chi connectivity index (χ3n) is 1.51. The van der Waals surface area contributed by atoms with Gasteiger partial charge in [-0.25, -0.2) is 4.79 Å². The molecule has 1 aromatic rings. The molecule has 74 valence electrons. The number of hydrogen-bond acceptors (Lipinski definition) is 4. The molecule has 0 amide bonds. The van der Waals surface area contributed by atoms with Crippen molar-refractivity contribution in [2.45, 2.75) is 0 Å². The molecule has 14 heavy (non-hydrogen) atoms. The number of nitro groups is 1. The van der Waals surface area contributed by atoms with Crippen LogP contribution in [0.3, 0.4) is 0 Å². The summed E-state index contributed by atoms with van der Waals surface area (Å²) in [7, 11) is -2.74. The third-order valence-corrected chi connectivity index (χ3v) is 1.51. The van der Waals surface area contributed by atoms with Crippen molar-refractivity contribution in [1.29, 1.82) is 0 Å². The molecule has 1 aromatic carbocycles. The molecule has 0 aliphatic rings. The molecule has 0 aliphatic carbocycles. The maximum atomic E-state index is 10.7. The first-order chi connectivity index (χ1) is 7.70. The minimum atomic E-state index is -2.74. The molecule has 0 unspecified atom stereocenters. The van der Waals surface area contributed by atoms with Crippen LogP contribution in [0, 0.1) is 10.1 Å². The Kier molecular flexibility index (Phi) is 1.70. The maximum absolute atomic E-state index is 10.7. The van der Waals surface area contributed by atoms with Crippen LogP contribution in [0.4, 0.5) is 5.69 Å². The van der Waals surface area contributed by atoms with Gasteiger partial charge in [-0.2, -0.15) is 0 Å². The number of carboxylic acid groups (broad SMARTS) is 1. The fourth-order valence-corrected chi connectivity index (χ4v) is 0.909. The van der Waals surface area contributed by atoms with Crippen molar-refractivity contribution in [3.8, 4) is 5.75 Å². The van der Waals surface area contributed by atoms with E-state index in [1.807, 2.05) is 0 Å². The van der Waals surface area contributed by atoms with E-state index in [1.54, 1.807) is 0 Å². The molecule has 0 radical (unpaired) electrons. The van der Waals surface area contributed by atoms with Crippen LogP contribution < -0.4 is 4.74 Å². The SMILES string of the molecule is [2H]C([2H])([2H])Oc1ccc([N+](=O)[O-])c(C(=O)O)c1. The van der Waals surface area contributed by atoms with Crippen molar-refractivity contribution in [2.24, 2.45) is 0 Å². The highest BCUT2D eigenvalue weighted by atomic mass is 16.6. The molecule has 0 aliphatic heterocycles. The van der Waals surface area contributed by atoms with Crippen LogP contribution in [0.15, 0.2) is 18.2 Å². The van der Waals surface area contributed by atoms with Crippen molar-refractivity contribution in [3.05, 3.63) is 33.9 Å². The highest BCUT2D eigenvalue weighted by Gasteiger charge is 2.19. The molecule has 0 saturated carbocycles. The standard InChI is InChI=1S/C8H7NO5/c1-14-5-2-3-7(9(12)13)6(4-5)8(10)11/h2-4H,1H3,(H,10,11)/i1D3. The van der Waals surface area contributed by atoms with E-state index in [2.05, 4.69) is 4.74 Å². The van der Waals surface area contributed by atoms with Gasteiger partial charge in [0.15, 0.2) is 0 Å². The first kappa shape index (κ1) is 6.36. The molecule has 6 nitrogen and oxygen atoms in total. The lowest BCUT2D eigenvalue weighted by Crippen LogP contribution is -2.02. The van der Waals surface area contributed by atoms with Crippen molar-refractivity contribution in [2.75, 3.05) is 7.04 Å². The number of carboxylic acids is 1. The van der Waals surface area contributed by atoms with Gasteiger partial charge in [-0.1, -0.05) is 0 Å². The molecule has 0 atom stereocenters. The number of nitrogens with zero attached hydrogens (tertiary/aromatic N) is 1. The fraction of sp³-hybridized carbons (Fsp3) is 0.125. The Hall–Kier alpha value is -2.11. The summed E-state index contributed by atoms with van der Waals surface area (Å²) in [5, 5.41) is 19.2. The van der Waals surface area contributed by atoms with Gasteiger partial charge in [-0.05, 0) is 6.07 Å². The van der Waals surface area contributed by atoms with Gasteiger partial charge in [-0.15, -0.1) is 0 Å².